The van der Waals surface area contributed by atoms with Gasteiger partial charge >= 0.3 is 0 Å². The van der Waals surface area contributed by atoms with Gasteiger partial charge in [-0.3, -0.25) is 9.59 Å². The zero-order valence-corrected chi connectivity index (χ0v) is 9.77. The van der Waals surface area contributed by atoms with E-state index in [-0.39, 0.29) is 28.8 Å². The molecule has 0 aliphatic carbocycles. The lowest BCUT2D eigenvalue weighted by molar-refractivity contribution is -0.119. The van der Waals surface area contributed by atoms with Crippen molar-refractivity contribution in [3.05, 3.63) is 29.8 Å². The molecule has 1 saturated heterocycles. The highest BCUT2D eigenvalue weighted by Gasteiger charge is 2.37. The van der Waals surface area contributed by atoms with E-state index >= 15 is 0 Å². The zero-order valence-electron chi connectivity index (χ0n) is 9.77. The summed E-state index contributed by atoms with van der Waals surface area (Å²) in [5, 5.41) is 2.82. The van der Waals surface area contributed by atoms with E-state index < -0.39 is 0 Å². The highest BCUT2D eigenvalue weighted by molar-refractivity contribution is 6.10. The zero-order chi connectivity index (χ0) is 11.1. The van der Waals surface area contributed by atoms with Crippen molar-refractivity contribution in [2.45, 2.75) is 18.9 Å². The first kappa shape index (κ1) is 14.1. The molecular formula is C12H16N2O4. The number of hydrogen-bond donors (Lipinski definition) is 1. The fourth-order valence-electron chi connectivity index (χ4n) is 2.43. The van der Waals surface area contributed by atoms with Crippen molar-refractivity contribution in [1.29, 1.82) is 0 Å². The Bertz CT molecular complexity index is 475. The van der Waals surface area contributed by atoms with Crippen LogP contribution in [0.4, 0.5) is 5.69 Å². The highest BCUT2D eigenvalue weighted by atomic mass is 16.2. The highest BCUT2D eigenvalue weighted by Crippen LogP contribution is 2.28. The van der Waals surface area contributed by atoms with Crippen molar-refractivity contribution < 1.29 is 20.5 Å². The Labute approximate surface area is 104 Å². The van der Waals surface area contributed by atoms with Crippen molar-refractivity contribution in [1.82, 2.24) is 4.90 Å². The van der Waals surface area contributed by atoms with E-state index in [1.807, 2.05) is 12.1 Å². The molecular weight excluding hydrogens is 236 g/mol. The van der Waals surface area contributed by atoms with Crippen molar-refractivity contribution in [2.24, 2.45) is 0 Å². The lowest BCUT2D eigenvalue weighted by atomic mass is 10.1. The van der Waals surface area contributed by atoms with Gasteiger partial charge in [0.15, 0.2) is 0 Å². The predicted octanol–water partition coefficient (Wildman–Crippen LogP) is -0.406. The van der Waals surface area contributed by atoms with Gasteiger partial charge in [-0.05, 0) is 25.0 Å². The Morgan fingerprint density at radius 2 is 1.89 bits per heavy atom. The quantitative estimate of drug-likeness (QED) is 0.676. The molecule has 2 aliphatic heterocycles. The Hall–Kier alpha value is -1.92. The van der Waals surface area contributed by atoms with Crippen LogP contribution in [-0.4, -0.2) is 40.3 Å². The molecule has 2 heterocycles. The van der Waals surface area contributed by atoms with Crippen LogP contribution in [-0.2, 0) is 4.79 Å². The third-order valence-electron chi connectivity index (χ3n) is 3.23. The fraction of sp³-hybridized carbons (Fsp3) is 0.333. The minimum atomic E-state index is -0.278. The number of fused-ring (bicyclic) bond motifs is 2. The number of anilines is 1. The first-order valence-electron chi connectivity index (χ1n) is 5.48. The molecule has 6 heteroatoms. The molecule has 1 unspecified atom stereocenters. The molecule has 18 heavy (non-hydrogen) atoms. The third kappa shape index (κ3) is 1.96. The number of carbonyl (C=O) groups excluding carboxylic acids is 2. The number of nitrogens with zero attached hydrogens (tertiary/aromatic N) is 1. The number of amides is 2. The molecule has 1 aromatic carbocycles. The van der Waals surface area contributed by atoms with Crippen molar-refractivity contribution in [3.8, 4) is 0 Å². The summed E-state index contributed by atoms with van der Waals surface area (Å²) in [6.07, 6.45) is 1.68. The van der Waals surface area contributed by atoms with Gasteiger partial charge in [0.05, 0.1) is 11.3 Å². The minimum Gasteiger partial charge on any atom is -0.412 e. The topological polar surface area (TPSA) is 112 Å². The summed E-state index contributed by atoms with van der Waals surface area (Å²) in [7, 11) is 0. The van der Waals surface area contributed by atoms with Gasteiger partial charge in [-0.25, -0.2) is 0 Å². The van der Waals surface area contributed by atoms with Crippen LogP contribution in [0.15, 0.2) is 24.3 Å². The fourth-order valence-corrected chi connectivity index (χ4v) is 2.43. The van der Waals surface area contributed by atoms with Crippen LogP contribution < -0.4 is 5.32 Å². The van der Waals surface area contributed by atoms with E-state index in [4.69, 9.17) is 0 Å². The molecule has 0 radical (unpaired) electrons. The molecule has 0 bridgehead atoms. The van der Waals surface area contributed by atoms with Gasteiger partial charge in [-0.1, -0.05) is 12.1 Å². The largest absolute Gasteiger partial charge is 0.412 e. The lowest BCUT2D eigenvalue weighted by Gasteiger charge is -2.19. The first-order chi connectivity index (χ1) is 7.77. The van der Waals surface area contributed by atoms with Crippen LogP contribution in [0, 0.1) is 0 Å². The second-order valence-electron chi connectivity index (χ2n) is 4.19. The Morgan fingerprint density at radius 3 is 2.67 bits per heavy atom. The maximum Gasteiger partial charge on any atom is 0.256 e. The smallest absolute Gasteiger partial charge is 0.256 e. The van der Waals surface area contributed by atoms with Gasteiger partial charge < -0.3 is 21.2 Å². The SMILES string of the molecule is O.O.O=C1Nc2ccccc2C(=O)N2CCCC12. The number of para-hydroxylation sites is 1. The first-order valence-corrected chi connectivity index (χ1v) is 5.48. The second-order valence-corrected chi connectivity index (χ2v) is 4.19. The summed E-state index contributed by atoms with van der Waals surface area (Å²) in [6.45, 7) is 0.686. The maximum absolute atomic E-state index is 12.2. The second kappa shape index (κ2) is 5.16. The van der Waals surface area contributed by atoms with Crippen LogP contribution >= 0.6 is 0 Å². The molecule has 98 valence electrons. The van der Waals surface area contributed by atoms with Crippen LogP contribution in [0.25, 0.3) is 0 Å². The average Bonchev–Trinajstić information content (AvgIpc) is 2.74. The summed E-state index contributed by atoms with van der Waals surface area (Å²) >= 11 is 0. The van der Waals surface area contributed by atoms with E-state index in [0.29, 0.717) is 17.8 Å². The molecule has 2 amide bonds. The number of rotatable bonds is 0. The van der Waals surface area contributed by atoms with Crippen LogP contribution in [0.1, 0.15) is 23.2 Å². The van der Waals surface area contributed by atoms with E-state index in [1.165, 1.54) is 0 Å². The maximum atomic E-state index is 12.2. The van der Waals surface area contributed by atoms with E-state index in [1.54, 1.807) is 17.0 Å². The molecule has 5 N–H and O–H groups in total. The summed E-state index contributed by atoms with van der Waals surface area (Å²) in [4.78, 5) is 25.8. The van der Waals surface area contributed by atoms with Crippen LogP contribution in [0.3, 0.4) is 0 Å². The molecule has 6 nitrogen and oxygen atoms in total. The number of benzene rings is 1. The number of carbonyl (C=O) groups is 2. The molecule has 1 fully saturated rings. The van der Waals surface area contributed by atoms with Gasteiger partial charge in [0.25, 0.3) is 5.91 Å². The van der Waals surface area contributed by atoms with Crippen LogP contribution in [0.2, 0.25) is 0 Å². The molecule has 0 aromatic heterocycles. The number of nitrogens with one attached hydrogen (secondary N) is 1. The van der Waals surface area contributed by atoms with Crippen LogP contribution in [0.5, 0.6) is 0 Å². The molecule has 0 saturated carbocycles. The van der Waals surface area contributed by atoms with Gasteiger partial charge in [0.2, 0.25) is 5.91 Å². The van der Waals surface area contributed by atoms with Gasteiger partial charge in [0.1, 0.15) is 6.04 Å². The monoisotopic (exact) mass is 252 g/mol. The Balaban J connectivity index is 0.000000810. The Morgan fingerprint density at radius 1 is 1.17 bits per heavy atom. The lowest BCUT2D eigenvalue weighted by Crippen LogP contribution is -2.40. The van der Waals surface area contributed by atoms with E-state index in [2.05, 4.69) is 5.32 Å². The van der Waals surface area contributed by atoms with Gasteiger partial charge in [0, 0.05) is 6.54 Å². The van der Waals surface area contributed by atoms with Crippen molar-refractivity contribution >= 4 is 17.5 Å². The summed E-state index contributed by atoms with van der Waals surface area (Å²) in [5.74, 6) is -0.0905. The van der Waals surface area contributed by atoms with E-state index in [0.717, 1.165) is 12.8 Å². The predicted molar refractivity (Wildman–Crippen MR) is 66.4 cm³/mol. The summed E-state index contributed by atoms with van der Waals surface area (Å²) in [5.41, 5.74) is 1.23. The third-order valence-corrected chi connectivity index (χ3v) is 3.23. The van der Waals surface area contributed by atoms with Crippen molar-refractivity contribution in [2.75, 3.05) is 11.9 Å². The van der Waals surface area contributed by atoms with E-state index in [9.17, 15) is 9.59 Å². The van der Waals surface area contributed by atoms with Gasteiger partial charge in [-0.2, -0.15) is 0 Å². The molecule has 1 atom stereocenters. The molecule has 2 aliphatic rings. The average molecular weight is 252 g/mol. The van der Waals surface area contributed by atoms with Gasteiger partial charge in [-0.15, -0.1) is 0 Å². The minimum absolute atomic E-state index is 0. The molecule has 1 aromatic rings. The molecule has 0 spiro atoms. The number of hydrogen-bond acceptors (Lipinski definition) is 2. The van der Waals surface area contributed by atoms with Crippen molar-refractivity contribution in [3.63, 3.8) is 0 Å². The summed E-state index contributed by atoms with van der Waals surface area (Å²) < 4.78 is 0. The standard InChI is InChI=1S/C12H12N2O2.2H2O/c15-11-10-6-3-7-14(10)12(16)8-4-1-2-5-9(8)13-11;;/h1-2,4-5,10H,3,6-7H2,(H,13,15);2*1H2. The summed E-state index contributed by atoms with van der Waals surface area (Å²) in [6, 6.07) is 6.90. The normalized spacial score (nSPS) is 20.9. The Kier molecular flexibility index (Phi) is 4.05. The molecule has 3 rings (SSSR count).